The summed E-state index contributed by atoms with van der Waals surface area (Å²) < 4.78 is 5.43. The molecular weight excluding hydrogens is 435 g/mol. The second kappa shape index (κ2) is 7.91. The van der Waals surface area contributed by atoms with Crippen LogP contribution < -0.4 is 10.1 Å². The van der Waals surface area contributed by atoms with Gasteiger partial charge in [0.15, 0.2) is 0 Å². The van der Waals surface area contributed by atoms with Crippen LogP contribution in [-0.4, -0.2) is 21.0 Å². The van der Waals surface area contributed by atoms with Gasteiger partial charge in [-0.2, -0.15) is 0 Å². The van der Waals surface area contributed by atoms with E-state index in [0.29, 0.717) is 43.9 Å². The van der Waals surface area contributed by atoms with E-state index in [1.807, 2.05) is 18.2 Å². The van der Waals surface area contributed by atoms with Crippen LogP contribution in [0.5, 0.6) is 5.75 Å². The van der Waals surface area contributed by atoms with Crippen molar-refractivity contribution in [3.05, 3.63) is 83.0 Å². The highest BCUT2D eigenvalue weighted by atomic mass is 35.5. The van der Waals surface area contributed by atoms with Gasteiger partial charge in [-0.05, 0) is 42.5 Å². The first-order valence-electron chi connectivity index (χ1n) is 9.34. The molecule has 3 aromatic carbocycles. The summed E-state index contributed by atoms with van der Waals surface area (Å²) in [5.74, 6) is 0.903. The first-order chi connectivity index (χ1) is 15.1. The minimum Gasteiger partial charge on any atom is -0.410 e. The molecule has 5 aromatic rings. The van der Waals surface area contributed by atoms with E-state index in [-0.39, 0.29) is 0 Å². The maximum absolute atomic E-state index is 12.4. The van der Waals surface area contributed by atoms with E-state index in [1.54, 1.807) is 54.7 Å². The number of carbonyl (C=O) groups is 1. The number of nitrogens with one attached hydrogen (secondary N) is 2. The van der Waals surface area contributed by atoms with E-state index in [1.165, 1.54) is 0 Å². The summed E-state index contributed by atoms with van der Waals surface area (Å²) in [5.41, 5.74) is 3.37. The third kappa shape index (κ3) is 3.91. The lowest BCUT2D eigenvalue weighted by Crippen LogP contribution is -2.16. The van der Waals surface area contributed by atoms with Gasteiger partial charge in [-0.3, -0.25) is 10.3 Å². The minimum atomic E-state index is -0.608. The maximum Gasteiger partial charge on any atom is 0.417 e. The van der Waals surface area contributed by atoms with Gasteiger partial charge in [-0.25, -0.2) is 9.78 Å². The fourth-order valence-corrected chi connectivity index (χ4v) is 3.87. The number of nitrogens with zero attached hydrogens (tertiary/aromatic N) is 2. The molecule has 2 N–H and O–H groups in total. The number of pyridine rings is 1. The summed E-state index contributed by atoms with van der Waals surface area (Å²) in [6.07, 6.45) is 1.09. The molecule has 0 radical (unpaired) electrons. The molecule has 2 aromatic heterocycles. The number of amides is 1. The Morgan fingerprint density at radius 3 is 2.61 bits per heavy atom. The number of aromatic nitrogens is 3. The number of aromatic amines is 1. The molecule has 0 fully saturated rings. The predicted octanol–water partition coefficient (Wildman–Crippen LogP) is 6.70. The number of fused-ring (bicyclic) bond motifs is 2. The Labute approximate surface area is 186 Å². The number of rotatable bonds is 3. The lowest BCUT2D eigenvalue weighted by Gasteiger charge is -2.07. The molecule has 0 saturated heterocycles. The number of carbonyl (C=O) groups excluding carboxylic acids is 1. The molecule has 1 amide bonds. The SMILES string of the molecule is O=C(Nc1ccc2cccnc2c1)Oc1ccc2nc(-c3c(Cl)cccc3Cl)[nH]c2c1. The van der Waals surface area contributed by atoms with Crippen LogP contribution in [0.3, 0.4) is 0 Å². The fraction of sp³-hybridized carbons (Fsp3) is 0. The second-order valence-electron chi connectivity index (χ2n) is 6.79. The topological polar surface area (TPSA) is 79.9 Å². The Morgan fingerprint density at radius 2 is 1.77 bits per heavy atom. The Bertz CT molecular complexity index is 1430. The lowest BCUT2D eigenvalue weighted by molar-refractivity contribution is 0.215. The van der Waals surface area contributed by atoms with Gasteiger partial charge in [0.1, 0.15) is 11.6 Å². The summed E-state index contributed by atoms with van der Waals surface area (Å²) in [4.78, 5) is 24.4. The molecule has 0 aliphatic rings. The average Bonchev–Trinajstić information content (AvgIpc) is 3.16. The number of anilines is 1. The Hall–Kier alpha value is -3.61. The third-order valence-electron chi connectivity index (χ3n) is 4.72. The van der Waals surface area contributed by atoms with E-state index in [9.17, 15) is 4.79 Å². The minimum absolute atomic E-state index is 0.365. The summed E-state index contributed by atoms with van der Waals surface area (Å²) in [6.45, 7) is 0. The second-order valence-corrected chi connectivity index (χ2v) is 7.60. The number of hydrogen-bond acceptors (Lipinski definition) is 4. The summed E-state index contributed by atoms with van der Waals surface area (Å²) in [7, 11) is 0. The standard InChI is InChI=1S/C23H14Cl2N4O2/c24-16-4-1-5-17(25)21(16)22-28-18-9-8-15(12-20(18)29-22)31-23(30)27-14-7-6-13-3-2-10-26-19(13)11-14/h1-12H,(H,27,30)(H,28,29). The van der Waals surface area contributed by atoms with Crippen molar-refractivity contribution >= 4 is 56.9 Å². The molecule has 0 atom stereocenters. The number of halogens is 2. The predicted molar refractivity (Wildman–Crippen MR) is 123 cm³/mol. The van der Waals surface area contributed by atoms with E-state index in [4.69, 9.17) is 27.9 Å². The van der Waals surface area contributed by atoms with Crippen molar-refractivity contribution in [2.75, 3.05) is 5.32 Å². The van der Waals surface area contributed by atoms with E-state index >= 15 is 0 Å². The number of benzene rings is 3. The molecule has 8 heteroatoms. The summed E-state index contributed by atoms with van der Waals surface area (Å²) in [5, 5.41) is 4.69. The van der Waals surface area contributed by atoms with Crippen molar-refractivity contribution in [3.63, 3.8) is 0 Å². The van der Waals surface area contributed by atoms with Gasteiger partial charge in [0.2, 0.25) is 0 Å². The van der Waals surface area contributed by atoms with Crippen molar-refractivity contribution < 1.29 is 9.53 Å². The highest BCUT2D eigenvalue weighted by molar-refractivity contribution is 6.39. The van der Waals surface area contributed by atoms with Crippen LogP contribution in [0.25, 0.3) is 33.3 Å². The molecule has 0 aliphatic heterocycles. The van der Waals surface area contributed by atoms with Crippen LogP contribution >= 0.6 is 23.2 Å². The smallest absolute Gasteiger partial charge is 0.410 e. The highest BCUT2D eigenvalue weighted by Crippen LogP contribution is 2.34. The zero-order valence-corrected chi connectivity index (χ0v) is 17.4. The molecule has 0 aliphatic carbocycles. The maximum atomic E-state index is 12.4. The van der Waals surface area contributed by atoms with Crippen molar-refractivity contribution in [2.24, 2.45) is 0 Å². The number of imidazole rings is 1. The molecule has 2 heterocycles. The van der Waals surface area contributed by atoms with Gasteiger partial charge in [0.25, 0.3) is 0 Å². The molecule has 0 bridgehead atoms. The zero-order valence-electron chi connectivity index (χ0n) is 15.9. The van der Waals surface area contributed by atoms with Crippen LogP contribution in [0, 0.1) is 0 Å². The van der Waals surface area contributed by atoms with Crippen LogP contribution in [0.15, 0.2) is 72.9 Å². The van der Waals surface area contributed by atoms with Gasteiger partial charge >= 0.3 is 6.09 Å². The van der Waals surface area contributed by atoms with E-state index < -0.39 is 6.09 Å². The molecule has 31 heavy (non-hydrogen) atoms. The summed E-state index contributed by atoms with van der Waals surface area (Å²) >= 11 is 12.6. The van der Waals surface area contributed by atoms with Crippen LogP contribution in [0.2, 0.25) is 10.0 Å². The number of hydrogen-bond donors (Lipinski definition) is 2. The molecule has 6 nitrogen and oxygen atoms in total. The fourth-order valence-electron chi connectivity index (χ4n) is 3.29. The molecule has 0 spiro atoms. The lowest BCUT2D eigenvalue weighted by atomic mass is 10.2. The molecule has 152 valence electrons. The first kappa shape index (κ1) is 19.4. The zero-order chi connectivity index (χ0) is 21.4. The van der Waals surface area contributed by atoms with Crippen molar-refractivity contribution in [2.45, 2.75) is 0 Å². The first-order valence-corrected chi connectivity index (χ1v) is 10.1. The molecule has 5 rings (SSSR count). The molecule has 0 unspecified atom stereocenters. The van der Waals surface area contributed by atoms with Crippen LogP contribution in [-0.2, 0) is 0 Å². The Balaban J connectivity index is 1.37. The van der Waals surface area contributed by atoms with E-state index in [2.05, 4.69) is 20.3 Å². The van der Waals surface area contributed by atoms with Crippen molar-refractivity contribution in [3.8, 4) is 17.1 Å². The quantitative estimate of drug-likeness (QED) is 0.321. The van der Waals surface area contributed by atoms with Gasteiger partial charge in [-0.15, -0.1) is 0 Å². The normalized spacial score (nSPS) is 11.0. The van der Waals surface area contributed by atoms with Gasteiger partial charge in [0.05, 0.1) is 32.2 Å². The number of H-pyrrole nitrogens is 1. The van der Waals surface area contributed by atoms with Crippen molar-refractivity contribution in [1.29, 1.82) is 0 Å². The van der Waals surface area contributed by atoms with Crippen LogP contribution in [0.1, 0.15) is 0 Å². The van der Waals surface area contributed by atoms with Crippen LogP contribution in [0.4, 0.5) is 10.5 Å². The monoisotopic (exact) mass is 448 g/mol. The third-order valence-corrected chi connectivity index (χ3v) is 5.35. The molecular formula is C23H14Cl2N4O2. The van der Waals surface area contributed by atoms with Gasteiger partial charge in [-0.1, -0.05) is 41.4 Å². The average molecular weight is 449 g/mol. The Kier molecular flexibility index (Phi) is 4.94. The van der Waals surface area contributed by atoms with Gasteiger partial charge in [0, 0.05) is 23.3 Å². The Morgan fingerprint density at radius 1 is 0.935 bits per heavy atom. The largest absolute Gasteiger partial charge is 0.417 e. The van der Waals surface area contributed by atoms with Gasteiger partial charge < -0.3 is 9.72 Å². The summed E-state index contributed by atoms with van der Waals surface area (Å²) in [6, 6.07) is 19.7. The van der Waals surface area contributed by atoms with E-state index in [0.717, 1.165) is 10.9 Å². The highest BCUT2D eigenvalue weighted by Gasteiger charge is 2.14. The number of ether oxygens (including phenoxy) is 1. The van der Waals surface area contributed by atoms with Crippen molar-refractivity contribution in [1.82, 2.24) is 15.0 Å². The molecule has 0 saturated carbocycles.